The first-order chi connectivity index (χ1) is 9.52. The van der Waals surface area contributed by atoms with E-state index in [9.17, 15) is 4.79 Å². The predicted molar refractivity (Wildman–Crippen MR) is 85.8 cm³/mol. The summed E-state index contributed by atoms with van der Waals surface area (Å²) in [5, 5.41) is 3.15. The highest BCUT2D eigenvalue weighted by Crippen LogP contribution is 2.57. The van der Waals surface area contributed by atoms with Crippen molar-refractivity contribution in [1.82, 2.24) is 0 Å². The molecule has 5 heteroatoms. The van der Waals surface area contributed by atoms with Crippen LogP contribution in [0.1, 0.15) is 46.1 Å². The average Bonchev–Trinajstić information content (AvgIpc) is 2.78. The van der Waals surface area contributed by atoms with Crippen molar-refractivity contribution < 1.29 is 9.53 Å². The van der Waals surface area contributed by atoms with E-state index in [2.05, 4.69) is 19.2 Å². The highest BCUT2D eigenvalue weighted by molar-refractivity contribution is 6.33. The molecule has 0 heterocycles. The van der Waals surface area contributed by atoms with Crippen LogP contribution in [0.25, 0.3) is 0 Å². The molecule has 2 rings (SSSR count). The third-order valence-corrected chi connectivity index (χ3v) is 4.21. The molecule has 3 N–H and O–H groups in total. The number of rotatable bonds is 2. The fraction of sp³-hybridized carbons (Fsp3) is 0.562. The van der Waals surface area contributed by atoms with Crippen LogP contribution in [0.2, 0.25) is 5.02 Å². The van der Waals surface area contributed by atoms with Gasteiger partial charge in [-0.2, -0.15) is 0 Å². The molecule has 116 valence electrons. The van der Waals surface area contributed by atoms with E-state index >= 15 is 0 Å². The van der Waals surface area contributed by atoms with Crippen molar-refractivity contribution in [2.75, 3.05) is 5.32 Å². The van der Waals surface area contributed by atoms with Gasteiger partial charge in [0.05, 0.1) is 10.7 Å². The Kier molecular flexibility index (Phi) is 3.98. The molecule has 0 radical (unpaired) electrons. The van der Waals surface area contributed by atoms with Crippen molar-refractivity contribution in [3.05, 3.63) is 28.8 Å². The maximum atomic E-state index is 11.8. The monoisotopic (exact) mass is 310 g/mol. The molecule has 1 aromatic carbocycles. The lowest BCUT2D eigenvalue weighted by atomic mass is 10.0. The molecule has 0 saturated heterocycles. The third kappa shape index (κ3) is 3.50. The number of carbonyl (C=O) groups excluding carboxylic acids is 1. The number of ether oxygens (including phenoxy) is 1. The molecule has 0 aliphatic heterocycles. The summed E-state index contributed by atoms with van der Waals surface area (Å²) in [7, 11) is 0. The Morgan fingerprint density at radius 1 is 1.38 bits per heavy atom. The highest BCUT2D eigenvalue weighted by atomic mass is 35.5. The lowest BCUT2D eigenvalue weighted by Crippen LogP contribution is -2.27. The minimum absolute atomic E-state index is 0.101. The average molecular weight is 311 g/mol. The smallest absolute Gasteiger partial charge is 0.412 e. The second-order valence-corrected chi connectivity index (χ2v) is 7.60. The van der Waals surface area contributed by atoms with E-state index in [1.165, 1.54) is 0 Å². The Labute approximate surface area is 131 Å². The van der Waals surface area contributed by atoms with Gasteiger partial charge in [0.1, 0.15) is 5.60 Å². The largest absolute Gasteiger partial charge is 0.444 e. The summed E-state index contributed by atoms with van der Waals surface area (Å²) in [5.41, 5.74) is 7.29. The summed E-state index contributed by atoms with van der Waals surface area (Å²) in [5.74, 6) is 0.311. The number of nitrogens with one attached hydrogen (secondary N) is 1. The van der Waals surface area contributed by atoms with Gasteiger partial charge in [0, 0.05) is 12.0 Å². The van der Waals surface area contributed by atoms with E-state index in [1.54, 1.807) is 6.07 Å². The van der Waals surface area contributed by atoms with E-state index in [0.29, 0.717) is 16.6 Å². The zero-order valence-corrected chi connectivity index (χ0v) is 13.9. The first-order valence-electron chi connectivity index (χ1n) is 7.07. The second-order valence-electron chi connectivity index (χ2n) is 7.19. The third-order valence-electron chi connectivity index (χ3n) is 3.90. The summed E-state index contributed by atoms with van der Waals surface area (Å²) in [6, 6.07) is 5.77. The van der Waals surface area contributed by atoms with Gasteiger partial charge < -0.3 is 10.5 Å². The van der Waals surface area contributed by atoms with Gasteiger partial charge in [0.25, 0.3) is 0 Å². The SMILES string of the molecule is CC(C)(C)OC(=O)Nc1ccc([C@@H]2[C@@H](N)C2(C)C)cc1Cl. The Morgan fingerprint density at radius 2 is 1.95 bits per heavy atom. The minimum Gasteiger partial charge on any atom is -0.444 e. The van der Waals surface area contributed by atoms with E-state index in [1.807, 2.05) is 32.9 Å². The van der Waals surface area contributed by atoms with Crippen molar-refractivity contribution in [3.8, 4) is 0 Å². The molecule has 0 aromatic heterocycles. The molecule has 1 saturated carbocycles. The lowest BCUT2D eigenvalue weighted by Gasteiger charge is -2.20. The van der Waals surface area contributed by atoms with Crippen LogP contribution in [0.3, 0.4) is 0 Å². The number of hydrogen-bond donors (Lipinski definition) is 2. The van der Waals surface area contributed by atoms with Crippen LogP contribution < -0.4 is 11.1 Å². The van der Waals surface area contributed by atoms with E-state index in [-0.39, 0.29) is 11.5 Å². The fourth-order valence-electron chi connectivity index (χ4n) is 2.55. The number of benzene rings is 1. The van der Waals surface area contributed by atoms with Gasteiger partial charge in [-0.15, -0.1) is 0 Å². The van der Waals surface area contributed by atoms with Crippen LogP contribution in [0.5, 0.6) is 0 Å². The number of halogens is 1. The van der Waals surface area contributed by atoms with E-state index in [4.69, 9.17) is 22.1 Å². The Hall–Kier alpha value is -1.26. The standard InChI is InChI=1S/C16H23ClN2O2/c1-15(2,3)21-14(20)19-11-7-6-9(8-10(11)17)12-13(18)16(12,4)5/h6-8,12-13H,18H2,1-5H3,(H,19,20)/t12-,13-/m1/s1. The zero-order valence-electron chi connectivity index (χ0n) is 13.2. The minimum atomic E-state index is -0.540. The van der Waals surface area contributed by atoms with Gasteiger partial charge in [0.15, 0.2) is 0 Å². The van der Waals surface area contributed by atoms with Crippen LogP contribution in [0.4, 0.5) is 10.5 Å². The quantitative estimate of drug-likeness (QED) is 0.863. The Bertz CT molecular complexity index is 564. The van der Waals surface area contributed by atoms with E-state index in [0.717, 1.165) is 5.56 Å². The molecule has 1 aliphatic carbocycles. The molecule has 21 heavy (non-hydrogen) atoms. The van der Waals surface area contributed by atoms with Crippen LogP contribution in [-0.2, 0) is 4.74 Å². The number of carbonyl (C=O) groups is 1. The normalized spacial score (nSPS) is 23.6. The topological polar surface area (TPSA) is 64.3 Å². The summed E-state index contributed by atoms with van der Waals surface area (Å²) >= 11 is 6.25. The summed E-state index contributed by atoms with van der Waals surface area (Å²) in [6.07, 6.45) is -0.513. The van der Waals surface area contributed by atoms with Crippen LogP contribution in [-0.4, -0.2) is 17.7 Å². The molecule has 2 atom stereocenters. The zero-order chi connectivity index (χ0) is 16.0. The van der Waals surface area contributed by atoms with Crippen molar-refractivity contribution in [2.24, 2.45) is 11.1 Å². The summed E-state index contributed by atoms with van der Waals surface area (Å²) in [4.78, 5) is 11.8. The predicted octanol–water partition coefficient (Wildman–Crippen LogP) is 4.14. The van der Waals surface area contributed by atoms with Crippen LogP contribution in [0, 0.1) is 5.41 Å². The lowest BCUT2D eigenvalue weighted by molar-refractivity contribution is 0.0636. The molecule has 1 aliphatic rings. The number of hydrogen-bond acceptors (Lipinski definition) is 3. The number of anilines is 1. The molecule has 0 unspecified atom stereocenters. The maximum Gasteiger partial charge on any atom is 0.412 e. The summed E-state index contributed by atoms with van der Waals surface area (Å²) < 4.78 is 5.21. The number of nitrogens with two attached hydrogens (primary N) is 1. The Balaban J connectivity index is 2.09. The fourth-order valence-corrected chi connectivity index (χ4v) is 2.79. The first-order valence-corrected chi connectivity index (χ1v) is 7.45. The van der Waals surface area contributed by atoms with Crippen LogP contribution in [0.15, 0.2) is 18.2 Å². The van der Waals surface area contributed by atoms with Crippen molar-refractivity contribution in [2.45, 2.75) is 52.2 Å². The van der Waals surface area contributed by atoms with Gasteiger partial charge >= 0.3 is 6.09 Å². The van der Waals surface area contributed by atoms with Gasteiger partial charge in [-0.05, 0) is 43.9 Å². The van der Waals surface area contributed by atoms with Crippen molar-refractivity contribution in [3.63, 3.8) is 0 Å². The Morgan fingerprint density at radius 3 is 2.38 bits per heavy atom. The maximum absolute atomic E-state index is 11.8. The molecular weight excluding hydrogens is 288 g/mol. The molecule has 0 bridgehead atoms. The molecule has 1 aromatic rings. The first kappa shape index (κ1) is 16.1. The molecule has 1 fully saturated rings. The second kappa shape index (κ2) is 5.18. The molecule has 0 spiro atoms. The van der Waals surface area contributed by atoms with Gasteiger partial charge in [-0.3, -0.25) is 5.32 Å². The summed E-state index contributed by atoms with van der Waals surface area (Å²) in [6.45, 7) is 9.72. The number of amides is 1. The van der Waals surface area contributed by atoms with E-state index < -0.39 is 11.7 Å². The van der Waals surface area contributed by atoms with Gasteiger partial charge in [-0.25, -0.2) is 4.79 Å². The molecule has 1 amide bonds. The van der Waals surface area contributed by atoms with Crippen LogP contribution >= 0.6 is 11.6 Å². The van der Waals surface area contributed by atoms with Gasteiger partial charge in [-0.1, -0.05) is 31.5 Å². The van der Waals surface area contributed by atoms with Crippen molar-refractivity contribution in [1.29, 1.82) is 0 Å². The highest BCUT2D eigenvalue weighted by Gasteiger charge is 2.56. The molecule has 4 nitrogen and oxygen atoms in total. The molecular formula is C16H23ClN2O2. The van der Waals surface area contributed by atoms with Crippen molar-refractivity contribution >= 4 is 23.4 Å². The van der Waals surface area contributed by atoms with Gasteiger partial charge in [0.2, 0.25) is 0 Å².